The molecule has 0 aliphatic heterocycles. The molecule has 4 nitrogen and oxygen atoms in total. The van der Waals surface area contributed by atoms with Gasteiger partial charge in [-0.1, -0.05) is 78.1 Å². The van der Waals surface area contributed by atoms with Gasteiger partial charge in [0, 0.05) is 0 Å². The molecule has 2 unspecified atom stereocenters. The molecule has 3 atom stereocenters. The van der Waals surface area contributed by atoms with Crippen LogP contribution in [-0.4, -0.2) is 34.7 Å². The molecule has 0 fully saturated rings. The monoisotopic (exact) mass is 315 g/mol. The van der Waals surface area contributed by atoms with E-state index in [9.17, 15) is 9.90 Å². The number of rotatable bonds is 15. The third-order valence-corrected chi connectivity index (χ3v) is 4.32. The third kappa shape index (κ3) is 11.2. The highest BCUT2D eigenvalue weighted by molar-refractivity contribution is 5.87. The number of aliphatic hydroxyl groups is 2. The highest BCUT2D eigenvalue weighted by Crippen LogP contribution is 2.17. The number of carbonyl (C=O) groups excluding carboxylic acids is 1. The summed E-state index contributed by atoms with van der Waals surface area (Å²) in [5, 5.41) is 18.6. The van der Waals surface area contributed by atoms with Crippen molar-refractivity contribution in [3.63, 3.8) is 0 Å². The van der Waals surface area contributed by atoms with Gasteiger partial charge in [0.15, 0.2) is 5.78 Å². The second kappa shape index (κ2) is 14.2. The lowest BCUT2D eigenvalue weighted by Gasteiger charge is -2.17. The summed E-state index contributed by atoms with van der Waals surface area (Å²) < 4.78 is 0. The Bertz CT molecular complexity index is 271. The second-order valence-corrected chi connectivity index (χ2v) is 6.67. The Morgan fingerprint density at radius 2 is 1.50 bits per heavy atom. The zero-order chi connectivity index (χ0) is 16.8. The van der Waals surface area contributed by atoms with Gasteiger partial charge in [-0.2, -0.15) is 0 Å². The summed E-state index contributed by atoms with van der Waals surface area (Å²) in [6.45, 7) is 3.90. The minimum atomic E-state index is -1.03. The Morgan fingerprint density at radius 1 is 1.00 bits per heavy atom. The molecule has 4 N–H and O–H groups in total. The van der Waals surface area contributed by atoms with Gasteiger partial charge in [0.05, 0.1) is 12.6 Å². The minimum Gasteiger partial charge on any atom is -0.394 e. The van der Waals surface area contributed by atoms with Crippen LogP contribution in [0, 0.1) is 5.92 Å². The molecule has 132 valence electrons. The summed E-state index contributed by atoms with van der Waals surface area (Å²) in [6, 6.07) is -0.949. The number of ketones is 1. The van der Waals surface area contributed by atoms with Crippen LogP contribution in [0.1, 0.15) is 84.5 Å². The number of hydrogen-bond acceptors (Lipinski definition) is 4. The van der Waals surface area contributed by atoms with Crippen LogP contribution in [0.2, 0.25) is 0 Å². The van der Waals surface area contributed by atoms with Crippen molar-refractivity contribution in [2.45, 2.75) is 96.6 Å². The normalized spacial score (nSPS) is 15.5. The largest absolute Gasteiger partial charge is 0.394 e. The van der Waals surface area contributed by atoms with E-state index in [1.165, 1.54) is 51.4 Å². The quantitative estimate of drug-likeness (QED) is 0.405. The lowest BCUT2D eigenvalue weighted by atomic mass is 9.93. The van der Waals surface area contributed by atoms with Crippen LogP contribution in [0.5, 0.6) is 0 Å². The molecule has 0 amide bonds. The van der Waals surface area contributed by atoms with Gasteiger partial charge >= 0.3 is 0 Å². The zero-order valence-corrected chi connectivity index (χ0v) is 14.6. The van der Waals surface area contributed by atoms with Crippen LogP contribution >= 0.6 is 0 Å². The molecule has 0 aromatic carbocycles. The molecular formula is C18H37NO3. The molecule has 0 saturated carbocycles. The van der Waals surface area contributed by atoms with Crippen molar-refractivity contribution in [3.8, 4) is 0 Å². The van der Waals surface area contributed by atoms with Gasteiger partial charge in [-0.15, -0.1) is 0 Å². The first-order valence-corrected chi connectivity index (χ1v) is 9.11. The van der Waals surface area contributed by atoms with Gasteiger partial charge in [-0.05, 0) is 12.3 Å². The first kappa shape index (κ1) is 21.6. The van der Waals surface area contributed by atoms with E-state index in [1.54, 1.807) is 0 Å². The fraction of sp³-hybridized carbons (Fsp3) is 0.944. The van der Waals surface area contributed by atoms with Crippen LogP contribution in [0.4, 0.5) is 0 Å². The maximum Gasteiger partial charge on any atom is 0.180 e. The topological polar surface area (TPSA) is 83.5 Å². The number of unbranched alkanes of at least 4 members (excludes halogenated alkanes) is 8. The molecule has 0 saturated heterocycles. The molecule has 0 aromatic heterocycles. The molecule has 0 rings (SSSR count). The first-order valence-electron chi connectivity index (χ1n) is 9.11. The first-order chi connectivity index (χ1) is 10.5. The molecule has 0 aliphatic rings. The van der Waals surface area contributed by atoms with Gasteiger partial charge < -0.3 is 15.9 Å². The Morgan fingerprint density at radius 3 is 2.00 bits per heavy atom. The van der Waals surface area contributed by atoms with E-state index in [-0.39, 0.29) is 0 Å². The van der Waals surface area contributed by atoms with E-state index in [0.29, 0.717) is 12.3 Å². The maximum absolute atomic E-state index is 11.6. The number of hydrogen-bond donors (Lipinski definition) is 3. The van der Waals surface area contributed by atoms with Crippen molar-refractivity contribution >= 4 is 5.78 Å². The average Bonchev–Trinajstić information content (AvgIpc) is 2.51. The molecule has 0 aromatic rings. The summed E-state index contributed by atoms with van der Waals surface area (Å²) in [5.74, 6) is -0.129. The number of Topliss-reactive ketones (excluding diaryl/α,β-unsaturated/α-hetero) is 1. The zero-order valence-electron chi connectivity index (χ0n) is 14.6. The standard InChI is InChI=1S/C18H37NO3/c1-3-4-5-6-7-8-9-10-11-12-15(2)13-17(21)18(22)16(19)14-20/h15-17,20-21H,3-14,19H2,1-2H3/t15?,16-,17?/m0/s1. The van der Waals surface area contributed by atoms with Crippen LogP contribution < -0.4 is 5.73 Å². The maximum atomic E-state index is 11.6. The van der Waals surface area contributed by atoms with Crippen LogP contribution in [0.15, 0.2) is 0 Å². The molecule has 0 radical (unpaired) electrons. The van der Waals surface area contributed by atoms with E-state index in [2.05, 4.69) is 13.8 Å². The summed E-state index contributed by atoms with van der Waals surface area (Å²) in [5.41, 5.74) is 5.43. The number of carbonyl (C=O) groups is 1. The molecule has 22 heavy (non-hydrogen) atoms. The van der Waals surface area contributed by atoms with Gasteiger partial charge in [-0.25, -0.2) is 0 Å². The number of nitrogens with two attached hydrogens (primary N) is 1. The van der Waals surface area contributed by atoms with Crippen LogP contribution in [0.3, 0.4) is 0 Å². The van der Waals surface area contributed by atoms with Crippen LogP contribution in [0.25, 0.3) is 0 Å². The van der Waals surface area contributed by atoms with E-state index >= 15 is 0 Å². The number of aliphatic hydroxyl groups excluding tert-OH is 2. The van der Waals surface area contributed by atoms with E-state index < -0.39 is 24.5 Å². The molecular weight excluding hydrogens is 278 g/mol. The summed E-state index contributed by atoms with van der Waals surface area (Å²) >= 11 is 0. The molecule has 0 heterocycles. The second-order valence-electron chi connectivity index (χ2n) is 6.67. The molecule has 4 heteroatoms. The molecule has 0 aliphatic carbocycles. The SMILES string of the molecule is CCCCCCCCCCCC(C)CC(O)C(=O)[C@@H](N)CO. The van der Waals surface area contributed by atoms with Crippen molar-refractivity contribution in [1.29, 1.82) is 0 Å². The summed E-state index contributed by atoms with van der Waals surface area (Å²) in [4.78, 5) is 11.6. The van der Waals surface area contributed by atoms with Crippen LogP contribution in [-0.2, 0) is 4.79 Å². The van der Waals surface area contributed by atoms with Crippen molar-refractivity contribution in [3.05, 3.63) is 0 Å². The van der Waals surface area contributed by atoms with Crippen molar-refractivity contribution in [2.75, 3.05) is 6.61 Å². The summed E-state index contributed by atoms with van der Waals surface area (Å²) in [7, 11) is 0. The Labute approximate surface area is 136 Å². The molecule has 0 spiro atoms. The Kier molecular flexibility index (Phi) is 13.9. The Hall–Kier alpha value is -0.450. The fourth-order valence-electron chi connectivity index (χ4n) is 2.76. The summed E-state index contributed by atoms with van der Waals surface area (Å²) in [6.07, 6.45) is 12.2. The minimum absolute atomic E-state index is 0.314. The highest BCUT2D eigenvalue weighted by atomic mass is 16.3. The van der Waals surface area contributed by atoms with Crippen molar-refractivity contribution in [2.24, 2.45) is 11.7 Å². The predicted octanol–water partition coefficient (Wildman–Crippen LogP) is 3.18. The predicted molar refractivity (Wildman–Crippen MR) is 91.7 cm³/mol. The van der Waals surface area contributed by atoms with Gasteiger partial charge in [-0.3, -0.25) is 4.79 Å². The highest BCUT2D eigenvalue weighted by Gasteiger charge is 2.23. The van der Waals surface area contributed by atoms with Gasteiger partial charge in [0.25, 0.3) is 0 Å². The van der Waals surface area contributed by atoms with E-state index in [0.717, 1.165) is 12.8 Å². The molecule has 0 bridgehead atoms. The van der Waals surface area contributed by atoms with Crippen molar-refractivity contribution in [1.82, 2.24) is 0 Å². The van der Waals surface area contributed by atoms with Gasteiger partial charge in [0.1, 0.15) is 6.10 Å². The van der Waals surface area contributed by atoms with E-state index in [4.69, 9.17) is 10.8 Å². The average molecular weight is 315 g/mol. The lowest BCUT2D eigenvalue weighted by molar-refractivity contribution is -0.130. The van der Waals surface area contributed by atoms with E-state index in [1.807, 2.05) is 0 Å². The third-order valence-electron chi connectivity index (χ3n) is 4.32. The smallest absolute Gasteiger partial charge is 0.180 e. The Balaban J connectivity index is 3.53. The lowest BCUT2D eigenvalue weighted by Crippen LogP contribution is -2.41. The fourth-order valence-corrected chi connectivity index (χ4v) is 2.76. The van der Waals surface area contributed by atoms with Crippen molar-refractivity contribution < 1.29 is 15.0 Å². The van der Waals surface area contributed by atoms with Gasteiger partial charge in [0.2, 0.25) is 0 Å².